The number of anilines is 1. The van der Waals surface area contributed by atoms with Crippen LogP contribution in [0.3, 0.4) is 0 Å². The monoisotopic (exact) mass is 356 g/mol. The van der Waals surface area contributed by atoms with Crippen LogP contribution in [0.1, 0.15) is 18.9 Å². The number of hydrogen-bond acceptors (Lipinski definition) is 4. The Labute approximate surface area is 149 Å². The quantitative estimate of drug-likeness (QED) is 0.758. The zero-order chi connectivity index (χ0) is 18.0. The number of carbonyl (C=O) groups excluding carboxylic acids is 1. The number of aryl methyl sites for hydroxylation is 2. The lowest BCUT2D eigenvalue weighted by Crippen LogP contribution is -2.32. The second-order valence-electron chi connectivity index (χ2n) is 5.93. The Morgan fingerprint density at radius 1 is 1.28 bits per heavy atom. The van der Waals surface area contributed by atoms with E-state index in [-0.39, 0.29) is 10.8 Å². The molecule has 6 heteroatoms. The third-order valence-corrected chi connectivity index (χ3v) is 4.99. The van der Waals surface area contributed by atoms with Crippen molar-refractivity contribution in [3.63, 3.8) is 0 Å². The maximum absolute atomic E-state index is 12.5. The van der Waals surface area contributed by atoms with E-state index in [4.69, 9.17) is 4.74 Å². The van der Waals surface area contributed by atoms with Crippen molar-refractivity contribution in [3.05, 3.63) is 57.7 Å². The smallest absolute Gasteiger partial charge is 0.307 e. The maximum Gasteiger partial charge on any atom is 0.307 e. The second-order valence-corrected chi connectivity index (χ2v) is 6.92. The number of nitrogens with one attached hydrogen (secondary N) is 1. The van der Waals surface area contributed by atoms with Crippen LogP contribution in [0.15, 0.2) is 47.3 Å². The van der Waals surface area contributed by atoms with Gasteiger partial charge in [0.15, 0.2) is 6.10 Å². The number of benzene rings is 2. The Morgan fingerprint density at radius 2 is 2.08 bits per heavy atom. The first-order valence-corrected chi connectivity index (χ1v) is 8.93. The normalized spacial score (nSPS) is 12.1. The highest BCUT2D eigenvalue weighted by Gasteiger charge is 2.19. The van der Waals surface area contributed by atoms with Crippen molar-refractivity contribution >= 4 is 33.1 Å². The van der Waals surface area contributed by atoms with E-state index in [2.05, 4.69) is 5.32 Å². The zero-order valence-corrected chi connectivity index (χ0v) is 15.2. The fourth-order valence-corrected chi connectivity index (χ4v) is 3.53. The summed E-state index contributed by atoms with van der Waals surface area (Å²) in [5.41, 5.74) is 2.60. The van der Waals surface area contributed by atoms with E-state index in [1.54, 1.807) is 17.7 Å². The first-order chi connectivity index (χ1) is 12.0. The standard InChI is InChI=1S/C19H20N2O3S/c1-4-16(24-14-7-5-6-12(2)10-14)18(22)20-13-8-9-15-17(11-13)25-19(23)21(15)3/h5-11,16H,4H2,1-3H3,(H,20,22). The molecule has 1 N–H and O–H groups in total. The summed E-state index contributed by atoms with van der Waals surface area (Å²) in [6, 6.07) is 13.1. The highest BCUT2D eigenvalue weighted by atomic mass is 32.1. The first kappa shape index (κ1) is 17.2. The summed E-state index contributed by atoms with van der Waals surface area (Å²) in [6.45, 7) is 3.89. The van der Waals surface area contributed by atoms with Gasteiger partial charge in [-0.05, 0) is 49.2 Å². The number of hydrogen-bond donors (Lipinski definition) is 1. The average Bonchev–Trinajstić information content (AvgIpc) is 2.86. The fourth-order valence-electron chi connectivity index (χ4n) is 2.61. The topological polar surface area (TPSA) is 60.3 Å². The molecular formula is C19H20N2O3S. The molecule has 0 radical (unpaired) electrons. The number of amides is 1. The Kier molecular flexibility index (Phi) is 4.90. The summed E-state index contributed by atoms with van der Waals surface area (Å²) in [5, 5.41) is 2.88. The number of carbonyl (C=O) groups is 1. The molecule has 0 bridgehead atoms. The number of ether oxygens (including phenoxy) is 1. The predicted octanol–water partition coefficient (Wildman–Crippen LogP) is 3.70. The van der Waals surface area contributed by atoms with Crippen LogP contribution in [0.25, 0.3) is 10.2 Å². The van der Waals surface area contributed by atoms with Crippen molar-refractivity contribution < 1.29 is 9.53 Å². The van der Waals surface area contributed by atoms with Crippen LogP contribution in [-0.2, 0) is 11.8 Å². The van der Waals surface area contributed by atoms with Crippen molar-refractivity contribution in [2.24, 2.45) is 7.05 Å². The van der Waals surface area contributed by atoms with Crippen LogP contribution in [0.4, 0.5) is 5.69 Å². The minimum absolute atomic E-state index is 0.0207. The van der Waals surface area contributed by atoms with Crippen molar-refractivity contribution in [3.8, 4) is 5.75 Å². The lowest BCUT2D eigenvalue weighted by atomic mass is 10.2. The van der Waals surface area contributed by atoms with Crippen LogP contribution in [0.5, 0.6) is 5.75 Å². The molecule has 3 rings (SSSR count). The molecule has 1 heterocycles. The van der Waals surface area contributed by atoms with Crippen molar-refractivity contribution in [2.45, 2.75) is 26.4 Å². The Hall–Kier alpha value is -2.60. The van der Waals surface area contributed by atoms with E-state index < -0.39 is 6.10 Å². The van der Waals surface area contributed by atoms with Crippen molar-refractivity contribution in [1.82, 2.24) is 4.57 Å². The van der Waals surface area contributed by atoms with E-state index in [0.717, 1.165) is 27.1 Å². The van der Waals surface area contributed by atoms with E-state index in [1.807, 2.05) is 50.2 Å². The lowest BCUT2D eigenvalue weighted by Gasteiger charge is -2.17. The van der Waals surface area contributed by atoms with E-state index in [1.165, 1.54) is 0 Å². The van der Waals surface area contributed by atoms with Crippen LogP contribution < -0.4 is 14.9 Å². The van der Waals surface area contributed by atoms with Gasteiger partial charge in [0.05, 0.1) is 10.2 Å². The Balaban J connectivity index is 1.76. The summed E-state index contributed by atoms with van der Waals surface area (Å²) in [4.78, 5) is 24.3. The third-order valence-electron chi connectivity index (χ3n) is 3.99. The molecule has 2 aromatic carbocycles. The first-order valence-electron chi connectivity index (χ1n) is 8.11. The van der Waals surface area contributed by atoms with Gasteiger partial charge in [0.1, 0.15) is 5.75 Å². The van der Waals surface area contributed by atoms with Gasteiger partial charge in [-0.25, -0.2) is 0 Å². The van der Waals surface area contributed by atoms with Gasteiger partial charge in [0.2, 0.25) is 0 Å². The predicted molar refractivity (Wildman–Crippen MR) is 102 cm³/mol. The fraction of sp³-hybridized carbons (Fsp3) is 0.263. The molecule has 3 aromatic rings. The van der Waals surface area contributed by atoms with Gasteiger partial charge in [-0.2, -0.15) is 0 Å². The number of thiazole rings is 1. The number of aromatic nitrogens is 1. The highest BCUT2D eigenvalue weighted by molar-refractivity contribution is 7.16. The minimum atomic E-state index is -0.577. The molecular weight excluding hydrogens is 336 g/mol. The van der Waals surface area contributed by atoms with E-state index in [0.29, 0.717) is 17.9 Å². The molecule has 1 atom stereocenters. The summed E-state index contributed by atoms with van der Waals surface area (Å²) < 4.78 is 8.27. The van der Waals surface area contributed by atoms with E-state index >= 15 is 0 Å². The van der Waals surface area contributed by atoms with Crippen LogP contribution >= 0.6 is 11.3 Å². The Bertz CT molecular complexity index is 974. The molecule has 0 saturated heterocycles. The van der Waals surface area contributed by atoms with Crippen molar-refractivity contribution in [2.75, 3.05) is 5.32 Å². The van der Waals surface area contributed by atoms with E-state index in [9.17, 15) is 9.59 Å². The van der Waals surface area contributed by atoms with Crippen LogP contribution in [0.2, 0.25) is 0 Å². The molecule has 0 fully saturated rings. The number of fused-ring (bicyclic) bond motifs is 1. The van der Waals surface area contributed by atoms with Gasteiger partial charge in [-0.3, -0.25) is 9.59 Å². The molecule has 0 aliphatic rings. The van der Waals surface area contributed by atoms with Gasteiger partial charge in [-0.1, -0.05) is 30.4 Å². The number of nitrogens with zero attached hydrogens (tertiary/aromatic N) is 1. The van der Waals surface area contributed by atoms with Gasteiger partial charge in [0.25, 0.3) is 5.91 Å². The largest absolute Gasteiger partial charge is 0.481 e. The van der Waals surface area contributed by atoms with Gasteiger partial charge in [-0.15, -0.1) is 0 Å². The molecule has 0 aliphatic carbocycles. The van der Waals surface area contributed by atoms with Crippen LogP contribution in [-0.4, -0.2) is 16.6 Å². The summed E-state index contributed by atoms with van der Waals surface area (Å²) in [7, 11) is 1.74. The molecule has 0 spiro atoms. The summed E-state index contributed by atoms with van der Waals surface area (Å²) >= 11 is 1.16. The van der Waals surface area contributed by atoms with Crippen LogP contribution in [0, 0.1) is 6.92 Å². The molecule has 0 aliphatic heterocycles. The molecule has 0 saturated carbocycles. The molecule has 5 nitrogen and oxygen atoms in total. The second kappa shape index (κ2) is 7.11. The average molecular weight is 356 g/mol. The minimum Gasteiger partial charge on any atom is -0.481 e. The van der Waals surface area contributed by atoms with Crippen molar-refractivity contribution in [1.29, 1.82) is 0 Å². The maximum atomic E-state index is 12.5. The molecule has 1 amide bonds. The zero-order valence-electron chi connectivity index (χ0n) is 14.4. The molecule has 25 heavy (non-hydrogen) atoms. The highest BCUT2D eigenvalue weighted by Crippen LogP contribution is 2.22. The molecule has 130 valence electrons. The van der Waals surface area contributed by atoms with Gasteiger partial charge < -0.3 is 14.6 Å². The summed E-state index contributed by atoms with van der Waals surface area (Å²) in [6.07, 6.45) is -0.0206. The third kappa shape index (κ3) is 3.74. The van der Waals surface area contributed by atoms with Gasteiger partial charge >= 0.3 is 4.87 Å². The summed E-state index contributed by atoms with van der Waals surface area (Å²) in [5.74, 6) is 0.477. The lowest BCUT2D eigenvalue weighted by molar-refractivity contribution is -0.122. The number of rotatable bonds is 5. The molecule has 1 aromatic heterocycles. The van der Waals surface area contributed by atoms with Gasteiger partial charge in [0, 0.05) is 12.7 Å². The molecule has 1 unspecified atom stereocenters. The SMILES string of the molecule is CCC(Oc1cccc(C)c1)C(=O)Nc1ccc2c(c1)sc(=O)n2C. The Morgan fingerprint density at radius 3 is 2.80 bits per heavy atom.